The van der Waals surface area contributed by atoms with Gasteiger partial charge < -0.3 is 4.55 Å². The van der Waals surface area contributed by atoms with E-state index in [2.05, 4.69) is 0 Å². The van der Waals surface area contributed by atoms with Crippen molar-refractivity contribution in [2.45, 2.75) is 19.8 Å². The molecule has 0 saturated heterocycles. The average Bonchev–Trinajstić information content (AvgIpc) is 1.63. The minimum absolute atomic E-state index is 0. The summed E-state index contributed by atoms with van der Waals surface area (Å²) >= 11 is 0. The van der Waals surface area contributed by atoms with E-state index in [0.29, 0.717) is 16.5 Å². The summed E-state index contributed by atoms with van der Waals surface area (Å²) in [5, 5.41) is 0. The van der Waals surface area contributed by atoms with E-state index in [1.807, 2.05) is 6.92 Å². The van der Waals surface area contributed by atoms with Crippen LogP contribution in [0.5, 0.6) is 0 Å². The predicted octanol–water partition coefficient (Wildman–Crippen LogP) is -2.02. The van der Waals surface area contributed by atoms with Crippen LogP contribution in [0, 0.1) is 0 Å². The molecule has 0 N–H and O–H groups in total. The van der Waals surface area contributed by atoms with E-state index in [9.17, 15) is 13.0 Å². The van der Waals surface area contributed by atoms with Gasteiger partial charge in [0.15, 0.2) is 0 Å². The minimum Gasteiger partial charge on any atom is -0.739 e. The fourth-order valence-electron chi connectivity index (χ4n) is 0.305. The average molecular weight is 208 g/mol. The van der Waals surface area contributed by atoms with Crippen molar-refractivity contribution in [3.8, 4) is 0 Å². The predicted molar refractivity (Wildman–Crippen MR) is 37.1 cm³/mol. The third kappa shape index (κ3) is 12.6. The summed E-state index contributed by atoms with van der Waals surface area (Å²) in [6.45, 7) is 1.94. The van der Waals surface area contributed by atoms with Gasteiger partial charge in [0.25, 0.3) is 0 Å². The Morgan fingerprint density at radius 2 is 2.00 bits per heavy atom. The van der Waals surface area contributed by atoms with Gasteiger partial charge in [-0.05, 0) is 17.2 Å². The standard InChI is InChI=1S/C4H10O3S2.K/c1-2-3-4-8-9(5,6)7;/h2-4H2,1H3,(H,5,6,7);/q;+1/p-1. The molecule has 0 rings (SSSR count). The summed E-state index contributed by atoms with van der Waals surface area (Å²) in [5.74, 6) is 0.419. The first-order chi connectivity index (χ1) is 4.06. The summed E-state index contributed by atoms with van der Waals surface area (Å²) in [6.07, 6.45) is 1.70. The molecule has 0 spiro atoms. The molecule has 0 bridgehead atoms. The van der Waals surface area contributed by atoms with Gasteiger partial charge in [-0.15, -0.1) is 0 Å². The number of unbranched alkanes of at least 4 members (excludes halogenated alkanes) is 1. The summed E-state index contributed by atoms with van der Waals surface area (Å²) in [4.78, 5) is 0. The molecule has 0 heterocycles. The second-order valence-electron chi connectivity index (χ2n) is 1.58. The van der Waals surface area contributed by atoms with Crippen LogP contribution in [-0.4, -0.2) is 18.7 Å². The van der Waals surface area contributed by atoms with E-state index in [-0.39, 0.29) is 51.4 Å². The second kappa shape index (κ2) is 7.54. The van der Waals surface area contributed by atoms with Crippen molar-refractivity contribution in [2.24, 2.45) is 0 Å². The van der Waals surface area contributed by atoms with Gasteiger partial charge in [0.1, 0.15) is 9.15 Å². The van der Waals surface area contributed by atoms with Crippen LogP contribution in [0.1, 0.15) is 19.8 Å². The van der Waals surface area contributed by atoms with Crippen molar-refractivity contribution in [1.82, 2.24) is 0 Å². The van der Waals surface area contributed by atoms with Gasteiger partial charge in [-0.25, -0.2) is 8.42 Å². The molecule has 10 heavy (non-hydrogen) atoms. The number of hydrogen-bond donors (Lipinski definition) is 0. The molecular weight excluding hydrogens is 199 g/mol. The monoisotopic (exact) mass is 208 g/mol. The fourth-order valence-corrected chi connectivity index (χ4v) is 1.88. The molecule has 0 fully saturated rings. The van der Waals surface area contributed by atoms with E-state index >= 15 is 0 Å². The van der Waals surface area contributed by atoms with Crippen LogP contribution < -0.4 is 51.4 Å². The molecule has 0 aromatic rings. The van der Waals surface area contributed by atoms with Gasteiger partial charge in [0.05, 0.1) is 0 Å². The van der Waals surface area contributed by atoms with Crippen LogP contribution in [0.15, 0.2) is 0 Å². The zero-order valence-corrected chi connectivity index (χ0v) is 10.9. The molecule has 0 aromatic heterocycles. The molecular formula is C4H9KO3S2. The SMILES string of the molecule is CCCCSS(=O)(=O)[O-].[K+]. The first-order valence-electron chi connectivity index (χ1n) is 2.66. The van der Waals surface area contributed by atoms with Crippen molar-refractivity contribution in [2.75, 3.05) is 5.75 Å². The van der Waals surface area contributed by atoms with Gasteiger partial charge in [-0.3, -0.25) is 0 Å². The normalized spacial score (nSPS) is 10.6. The molecule has 0 aromatic carbocycles. The van der Waals surface area contributed by atoms with Crippen LogP contribution in [0.2, 0.25) is 0 Å². The van der Waals surface area contributed by atoms with Crippen LogP contribution in [0.25, 0.3) is 0 Å². The van der Waals surface area contributed by atoms with Crippen molar-refractivity contribution >= 4 is 19.9 Å². The number of hydrogen-bond acceptors (Lipinski definition) is 4. The largest absolute Gasteiger partial charge is 1.00 e. The molecule has 0 saturated carbocycles. The van der Waals surface area contributed by atoms with E-state index in [0.717, 1.165) is 12.8 Å². The summed E-state index contributed by atoms with van der Waals surface area (Å²) in [7, 11) is -3.55. The van der Waals surface area contributed by atoms with Crippen molar-refractivity contribution < 1.29 is 64.4 Å². The van der Waals surface area contributed by atoms with Crippen molar-refractivity contribution in [3.05, 3.63) is 0 Å². The zero-order chi connectivity index (χ0) is 7.33. The third-order valence-electron chi connectivity index (χ3n) is 0.726. The van der Waals surface area contributed by atoms with E-state index in [1.165, 1.54) is 0 Å². The van der Waals surface area contributed by atoms with E-state index in [4.69, 9.17) is 0 Å². The quantitative estimate of drug-likeness (QED) is 0.232. The maximum Gasteiger partial charge on any atom is 1.00 e. The Hall–Kier alpha value is 1.90. The zero-order valence-electron chi connectivity index (χ0n) is 6.16. The maximum atomic E-state index is 9.91. The Morgan fingerprint density at radius 3 is 2.30 bits per heavy atom. The van der Waals surface area contributed by atoms with E-state index in [1.54, 1.807) is 0 Å². The Morgan fingerprint density at radius 1 is 1.50 bits per heavy atom. The third-order valence-corrected chi connectivity index (χ3v) is 2.84. The van der Waals surface area contributed by atoms with Gasteiger partial charge in [-0.2, -0.15) is 0 Å². The van der Waals surface area contributed by atoms with Gasteiger partial charge >= 0.3 is 51.4 Å². The molecule has 0 aliphatic heterocycles. The minimum atomic E-state index is -4.03. The van der Waals surface area contributed by atoms with Crippen LogP contribution in [0.4, 0.5) is 0 Å². The molecule has 0 amide bonds. The number of rotatable bonds is 4. The molecule has 3 nitrogen and oxygen atoms in total. The Kier molecular flexibility index (Phi) is 10.9. The Labute approximate surface area is 108 Å². The fraction of sp³-hybridized carbons (Fsp3) is 1.00. The molecule has 56 valence electrons. The molecule has 0 unspecified atom stereocenters. The molecule has 6 heteroatoms. The summed E-state index contributed by atoms with van der Waals surface area (Å²) in [5.41, 5.74) is 0. The molecule has 0 radical (unpaired) electrons. The van der Waals surface area contributed by atoms with Crippen molar-refractivity contribution in [1.29, 1.82) is 0 Å². The molecule has 0 aliphatic carbocycles. The Balaban J connectivity index is 0. The van der Waals surface area contributed by atoms with E-state index < -0.39 is 9.15 Å². The van der Waals surface area contributed by atoms with Crippen LogP contribution in [-0.2, 0) is 9.15 Å². The second-order valence-corrected chi connectivity index (χ2v) is 4.98. The molecule has 0 atom stereocenters. The Bertz CT molecular complexity index is 154. The van der Waals surface area contributed by atoms with Crippen LogP contribution in [0.3, 0.4) is 0 Å². The maximum absolute atomic E-state index is 9.91. The first-order valence-corrected chi connectivity index (χ1v) is 5.57. The van der Waals surface area contributed by atoms with Gasteiger partial charge in [0.2, 0.25) is 0 Å². The van der Waals surface area contributed by atoms with Crippen LogP contribution >= 0.6 is 10.8 Å². The summed E-state index contributed by atoms with van der Waals surface area (Å²) in [6, 6.07) is 0. The molecule has 0 aliphatic rings. The topological polar surface area (TPSA) is 57.2 Å². The van der Waals surface area contributed by atoms with Gasteiger partial charge in [0, 0.05) is 5.75 Å². The van der Waals surface area contributed by atoms with Crippen molar-refractivity contribution in [3.63, 3.8) is 0 Å². The smallest absolute Gasteiger partial charge is 0.739 e. The summed E-state index contributed by atoms with van der Waals surface area (Å²) < 4.78 is 29.7. The van der Waals surface area contributed by atoms with Gasteiger partial charge in [-0.1, -0.05) is 13.3 Å². The first kappa shape index (κ1) is 14.4.